The molecule has 36 heavy (non-hydrogen) atoms. The molecule has 0 spiro atoms. The van der Waals surface area contributed by atoms with Gasteiger partial charge in [0.25, 0.3) is 0 Å². The Morgan fingerprint density at radius 1 is 0.833 bits per heavy atom. The minimum absolute atomic E-state index is 0.0201. The minimum Gasteiger partial charge on any atom is -0.369 e. The lowest BCUT2D eigenvalue weighted by atomic mass is 10.0. The predicted molar refractivity (Wildman–Crippen MR) is 149 cm³/mol. The lowest BCUT2D eigenvalue weighted by Gasteiger charge is -2.34. The third-order valence-corrected chi connectivity index (χ3v) is 7.09. The van der Waals surface area contributed by atoms with Crippen LogP contribution in [0.15, 0.2) is 78.9 Å². The van der Waals surface area contributed by atoms with Crippen molar-refractivity contribution < 1.29 is 9.53 Å². The van der Waals surface area contributed by atoms with E-state index >= 15 is 0 Å². The van der Waals surface area contributed by atoms with E-state index in [1.807, 2.05) is 77.7 Å². The quantitative estimate of drug-likeness (QED) is 0.215. The van der Waals surface area contributed by atoms with Crippen LogP contribution in [-0.2, 0) is 9.53 Å². The molecule has 4 rings (SSSR count). The Kier molecular flexibility index (Phi) is 9.85. The molecule has 1 fully saturated rings. The lowest BCUT2D eigenvalue weighted by molar-refractivity contribution is -0.127. The first-order chi connectivity index (χ1) is 17.5. The van der Waals surface area contributed by atoms with E-state index in [1.165, 1.54) is 0 Å². The monoisotopic (exact) mass is 542 g/mol. The average molecular weight is 544 g/mol. The first-order valence-corrected chi connectivity index (χ1v) is 13.2. The summed E-state index contributed by atoms with van der Waals surface area (Å²) in [4.78, 5) is 16.8. The molecule has 0 bridgehead atoms. The number of benzene rings is 3. The highest BCUT2D eigenvalue weighted by atomic mass is 35.5. The summed E-state index contributed by atoms with van der Waals surface area (Å²) in [5.74, 6) is 0.0201. The molecule has 1 aliphatic rings. The van der Waals surface area contributed by atoms with Gasteiger partial charge in [-0.2, -0.15) is 0 Å². The van der Waals surface area contributed by atoms with Crippen molar-refractivity contribution in [3.8, 4) is 0 Å². The van der Waals surface area contributed by atoms with E-state index in [2.05, 4.69) is 4.90 Å². The molecule has 3 aromatic rings. The molecular formula is C29H29Cl3N2O2. The van der Waals surface area contributed by atoms with Gasteiger partial charge in [-0.15, -0.1) is 0 Å². The number of carbonyl (C=O) groups is 1. The van der Waals surface area contributed by atoms with Crippen LogP contribution in [0, 0.1) is 0 Å². The standard InChI is InChI=1S/C29H29Cl3N2O2/c30-25-11-6-23(7-12-25)29(24-8-13-26(31)14-9-24)36-21-3-16-33-17-19-34(20-18-33)28(35)15-10-22-4-1-2-5-27(22)32/h1-2,4-15,29H,3,16-21H2. The van der Waals surface area contributed by atoms with E-state index in [4.69, 9.17) is 39.5 Å². The highest BCUT2D eigenvalue weighted by Gasteiger charge is 2.20. The fourth-order valence-electron chi connectivity index (χ4n) is 4.22. The number of ether oxygens (including phenoxy) is 1. The number of hydrogen-bond donors (Lipinski definition) is 0. The smallest absolute Gasteiger partial charge is 0.246 e. The number of nitrogens with zero attached hydrogens (tertiary/aromatic N) is 2. The van der Waals surface area contributed by atoms with Gasteiger partial charge in [-0.1, -0.05) is 77.3 Å². The highest BCUT2D eigenvalue weighted by Crippen LogP contribution is 2.28. The summed E-state index contributed by atoms with van der Waals surface area (Å²) in [6.07, 6.45) is 4.11. The lowest BCUT2D eigenvalue weighted by Crippen LogP contribution is -2.48. The first kappa shape index (κ1) is 26.7. The van der Waals surface area contributed by atoms with Gasteiger partial charge in [-0.25, -0.2) is 0 Å². The van der Waals surface area contributed by atoms with Crippen LogP contribution in [0.3, 0.4) is 0 Å². The molecule has 1 aliphatic heterocycles. The Hall–Kier alpha value is -2.34. The van der Waals surface area contributed by atoms with Crippen LogP contribution in [0.4, 0.5) is 0 Å². The zero-order valence-electron chi connectivity index (χ0n) is 20.0. The molecule has 0 radical (unpaired) electrons. The van der Waals surface area contributed by atoms with Crippen molar-refractivity contribution in [3.05, 3.63) is 111 Å². The van der Waals surface area contributed by atoms with Crippen LogP contribution in [0.5, 0.6) is 0 Å². The molecule has 0 atom stereocenters. The molecule has 0 aromatic heterocycles. The van der Waals surface area contributed by atoms with Crippen molar-refractivity contribution in [2.45, 2.75) is 12.5 Å². The van der Waals surface area contributed by atoms with Crippen LogP contribution < -0.4 is 0 Å². The molecular weight excluding hydrogens is 515 g/mol. The van der Waals surface area contributed by atoms with Crippen molar-refractivity contribution in [1.82, 2.24) is 9.80 Å². The van der Waals surface area contributed by atoms with Gasteiger partial charge < -0.3 is 9.64 Å². The number of carbonyl (C=O) groups excluding carboxylic acids is 1. The summed E-state index contributed by atoms with van der Waals surface area (Å²) in [5, 5.41) is 2.04. The molecule has 188 valence electrons. The minimum atomic E-state index is -0.182. The van der Waals surface area contributed by atoms with Crippen LogP contribution in [0.25, 0.3) is 6.08 Å². The third kappa shape index (κ3) is 7.58. The molecule has 0 unspecified atom stereocenters. The number of piperazine rings is 1. The normalized spacial score (nSPS) is 14.6. The molecule has 1 heterocycles. The molecule has 0 N–H and O–H groups in total. The Morgan fingerprint density at radius 3 is 2.00 bits per heavy atom. The topological polar surface area (TPSA) is 32.8 Å². The largest absolute Gasteiger partial charge is 0.369 e. The number of halogens is 3. The predicted octanol–water partition coefficient (Wildman–Crippen LogP) is 7.00. The summed E-state index contributed by atoms with van der Waals surface area (Å²) < 4.78 is 6.33. The zero-order chi connectivity index (χ0) is 25.3. The maximum atomic E-state index is 12.6. The summed E-state index contributed by atoms with van der Waals surface area (Å²) in [6, 6.07) is 23.0. The molecule has 7 heteroatoms. The summed E-state index contributed by atoms with van der Waals surface area (Å²) >= 11 is 18.3. The van der Waals surface area contributed by atoms with Gasteiger partial charge in [0.1, 0.15) is 6.10 Å². The Balaban J connectivity index is 1.24. The van der Waals surface area contributed by atoms with Crippen molar-refractivity contribution in [2.24, 2.45) is 0 Å². The van der Waals surface area contributed by atoms with Gasteiger partial charge in [0.05, 0.1) is 0 Å². The highest BCUT2D eigenvalue weighted by molar-refractivity contribution is 6.32. The van der Waals surface area contributed by atoms with E-state index in [0.29, 0.717) is 34.8 Å². The van der Waals surface area contributed by atoms with Crippen molar-refractivity contribution in [1.29, 1.82) is 0 Å². The van der Waals surface area contributed by atoms with Crippen LogP contribution in [0.2, 0.25) is 15.1 Å². The van der Waals surface area contributed by atoms with Crippen LogP contribution in [-0.4, -0.2) is 55.0 Å². The molecule has 0 saturated carbocycles. The molecule has 1 saturated heterocycles. The van der Waals surface area contributed by atoms with Crippen molar-refractivity contribution >= 4 is 46.8 Å². The summed E-state index contributed by atoms with van der Waals surface area (Å²) in [5.41, 5.74) is 2.96. The fourth-order valence-corrected chi connectivity index (χ4v) is 4.67. The van der Waals surface area contributed by atoms with Crippen molar-refractivity contribution in [2.75, 3.05) is 39.3 Å². The van der Waals surface area contributed by atoms with Gasteiger partial charge in [0, 0.05) is 60.5 Å². The second kappa shape index (κ2) is 13.3. The van der Waals surface area contributed by atoms with E-state index in [-0.39, 0.29) is 12.0 Å². The first-order valence-electron chi connectivity index (χ1n) is 12.1. The van der Waals surface area contributed by atoms with E-state index in [0.717, 1.165) is 42.7 Å². The maximum absolute atomic E-state index is 12.6. The summed E-state index contributed by atoms with van der Waals surface area (Å²) in [6.45, 7) is 4.67. The number of amides is 1. The third-order valence-electron chi connectivity index (χ3n) is 6.24. The molecule has 3 aromatic carbocycles. The van der Waals surface area contributed by atoms with E-state index < -0.39 is 0 Å². The molecule has 1 amide bonds. The number of hydrogen-bond acceptors (Lipinski definition) is 3. The molecule has 4 nitrogen and oxygen atoms in total. The number of rotatable bonds is 9. The second-order valence-corrected chi connectivity index (χ2v) is 10.0. The Morgan fingerprint density at radius 2 is 1.42 bits per heavy atom. The van der Waals surface area contributed by atoms with Crippen LogP contribution in [0.1, 0.15) is 29.2 Å². The Bertz CT molecular complexity index is 1110. The van der Waals surface area contributed by atoms with Gasteiger partial charge >= 0.3 is 0 Å². The second-order valence-electron chi connectivity index (χ2n) is 8.73. The average Bonchev–Trinajstić information content (AvgIpc) is 2.90. The van der Waals surface area contributed by atoms with Gasteiger partial charge in [-0.05, 0) is 59.5 Å². The molecule has 0 aliphatic carbocycles. The summed E-state index contributed by atoms with van der Waals surface area (Å²) in [7, 11) is 0. The Labute approximate surface area is 228 Å². The maximum Gasteiger partial charge on any atom is 0.246 e. The SMILES string of the molecule is O=C(C=Cc1ccccc1Cl)N1CCN(CCCOC(c2ccc(Cl)cc2)c2ccc(Cl)cc2)CC1. The van der Waals surface area contributed by atoms with Gasteiger partial charge in [0.15, 0.2) is 0 Å². The fraction of sp³-hybridized carbons (Fsp3) is 0.276. The van der Waals surface area contributed by atoms with Crippen molar-refractivity contribution in [3.63, 3.8) is 0 Å². The van der Waals surface area contributed by atoms with Crippen LogP contribution >= 0.6 is 34.8 Å². The zero-order valence-corrected chi connectivity index (χ0v) is 22.2. The van der Waals surface area contributed by atoms with Gasteiger partial charge in [0.2, 0.25) is 5.91 Å². The van der Waals surface area contributed by atoms with E-state index in [9.17, 15) is 4.79 Å². The van der Waals surface area contributed by atoms with E-state index in [1.54, 1.807) is 12.2 Å². The van der Waals surface area contributed by atoms with Gasteiger partial charge in [-0.3, -0.25) is 9.69 Å².